The Bertz CT molecular complexity index is 870. The summed E-state index contributed by atoms with van der Waals surface area (Å²) in [5.41, 5.74) is 1.26. The quantitative estimate of drug-likeness (QED) is 0.272. The van der Waals surface area contributed by atoms with E-state index in [0.29, 0.717) is 5.56 Å². The van der Waals surface area contributed by atoms with Gasteiger partial charge in [0, 0.05) is 18.7 Å². The molecule has 2 aromatic carbocycles. The summed E-state index contributed by atoms with van der Waals surface area (Å²) in [6.45, 7) is 1.54. The molecular formula is C20H18N2O4. The lowest BCUT2D eigenvalue weighted by molar-refractivity contribution is -0.384. The van der Waals surface area contributed by atoms with Gasteiger partial charge in [0.15, 0.2) is 5.78 Å². The molecule has 1 amide bonds. The van der Waals surface area contributed by atoms with Crippen molar-refractivity contribution in [2.45, 2.75) is 6.92 Å². The Morgan fingerprint density at radius 1 is 1.08 bits per heavy atom. The van der Waals surface area contributed by atoms with Gasteiger partial charge in [0.2, 0.25) is 0 Å². The van der Waals surface area contributed by atoms with Crippen molar-refractivity contribution in [2.75, 3.05) is 6.54 Å². The predicted octanol–water partition coefficient (Wildman–Crippen LogP) is 3.40. The first-order chi connectivity index (χ1) is 12.5. The Balaban J connectivity index is 2.07. The Labute approximate surface area is 151 Å². The molecule has 0 spiro atoms. The van der Waals surface area contributed by atoms with Gasteiger partial charge in [-0.3, -0.25) is 19.7 Å². The first-order valence-electron chi connectivity index (χ1n) is 7.94. The van der Waals surface area contributed by atoms with E-state index in [4.69, 9.17) is 0 Å². The summed E-state index contributed by atoms with van der Waals surface area (Å²) < 4.78 is 0. The fraction of sp³-hybridized carbons (Fsp3) is 0.100. The smallest absolute Gasteiger partial charge is 0.270 e. The van der Waals surface area contributed by atoms with Crippen LogP contribution < -0.4 is 5.32 Å². The first kappa shape index (κ1) is 18.8. The minimum absolute atomic E-state index is 0.0568. The van der Waals surface area contributed by atoms with E-state index in [1.54, 1.807) is 12.1 Å². The monoisotopic (exact) mass is 350 g/mol. The summed E-state index contributed by atoms with van der Waals surface area (Å²) in [6, 6.07) is 15.4. The fourth-order valence-electron chi connectivity index (χ4n) is 2.23. The second kappa shape index (κ2) is 9.08. The molecule has 0 unspecified atom stereocenters. The third-order valence-electron chi connectivity index (χ3n) is 3.51. The molecule has 6 heteroatoms. The zero-order chi connectivity index (χ0) is 18.9. The number of hydrogen-bond acceptors (Lipinski definition) is 4. The van der Waals surface area contributed by atoms with Crippen LogP contribution in [0.1, 0.15) is 18.1 Å². The van der Waals surface area contributed by atoms with E-state index in [1.807, 2.05) is 36.4 Å². The third kappa shape index (κ3) is 5.52. The number of nitro benzene ring substituents is 1. The Morgan fingerprint density at radius 3 is 2.42 bits per heavy atom. The van der Waals surface area contributed by atoms with E-state index >= 15 is 0 Å². The zero-order valence-corrected chi connectivity index (χ0v) is 14.2. The average Bonchev–Trinajstić information content (AvgIpc) is 2.64. The lowest BCUT2D eigenvalue weighted by Gasteiger charge is -2.05. The number of nitrogens with one attached hydrogen (secondary N) is 1. The summed E-state index contributed by atoms with van der Waals surface area (Å²) in [5.74, 6) is -0.942. The number of ketones is 1. The number of nitrogens with zero attached hydrogens (tertiary/aromatic N) is 1. The van der Waals surface area contributed by atoms with Crippen molar-refractivity contribution in [3.05, 3.63) is 87.5 Å². The molecule has 2 aromatic rings. The normalized spacial score (nSPS) is 11.3. The van der Waals surface area contributed by atoms with Crippen LogP contribution in [0.25, 0.3) is 12.2 Å². The average molecular weight is 350 g/mol. The van der Waals surface area contributed by atoms with Gasteiger partial charge in [-0.1, -0.05) is 54.6 Å². The van der Waals surface area contributed by atoms with Gasteiger partial charge in [0.05, 0.1) is 10.5 Å². The van der Waals surface area contributed by atoms with Crippen molar-refractivity contribution >= 4 is 29.5 Å². The number of rotatable bonds is 7. The second-order valence-electron chi connectivity index (χ2n) is 5.49. The molecule has 26 heavy (non-hydrogen) atoms. The van der Waals surface area contributed by atoms with Crippen molar-refractivity contribution < 1.29 is 14.5 Å². The Morgan fingerprint density at radius 2 is 1.77 bits per heavy atom. The summed E-state index contributed by atoms with van der Waals surface area (Å²) >= 11 is 0. The third-order valence-corrected chi connectivity index (χ3v) is 3.51. The molecule has 0 aliphatic carbocycles. The number of hydrogen-bond donors (Lipinski definition) is 1. The zero-order valence-electron chi connectivity index (χ0n) is 14.2. The maximum Gasteiger partial charge on any atom is 0.270 e. The highest BCUT2D eigenvalue weighted by Crippen LogP contribution is 2.16. The van der Waals surface area contributed by atoms with Crippen molar-refractivity contribution in [2.24, 2.45) is 0 Å². The molecule has 2 rings (SSSR count). The van der Waals surface area contributed by atoms with E-state index in [0.717, 1.165) is 5.56 Å². The van der Waals surface area contributed by atoms with Crippen LogP contribution in [0.3, 0.4) is 0 Å². The van der Waals surface area contributed by atoms with Crippen molar-refractivity contribution in [3.8, 4) is 0 Å². The number of amides is 1. The molecule has 0 bridgehead atoms. The molecular weight excluding hydrogens is 332 g/mol. The minimum atomic E-state index is -0.529. The maximum atomic E-state index is 12.3. The summed E-state index contributed by atoms with van der Waals surface area (Å²) in [6.07, 6.45) is 4.99. The summed E-state index contributed by atoms with van der Waals surface area (Å²) in [4.78, 5) is 34.3. The maximum absolute atomic E-state index is 12.3. The van der Waals surface area contributed by atoms with Gasteiger partial charge in [-0.05, 0) is 24.1 Å². The van der Waals surface area contributed by atoms with Gasteiger partial charge in [-0.25, -0.2) is 0 Å². The van der Waals surface area contributed by atoms with Crippen LogP contribution in [0.15, 0.2) is 66.2 Å². The van der Waals surface area contributed by atoms with Gasteiger partial charge in [-0.2, -0.15) is 0 Å². The van der Waals surface area contributed by atoms with E-state index in [2.05, 4.69) is 5.32 Å². The highest BCUT2D eigenvalue weighted by atomic mass is 16.6. The minimum Gasteiger partial charge on any atom is -0.348 e. The molecule has 132 valence electrons. The molecule has 0 saturated heterocycles. The molecule has 0 radical (unpaired) electrons. The lowest BCUT2D eigenvalue weighted by atomic mass is 10.1. The fourth-order valence-corrected chi connectivity index (χ4v) is 2.23. The van der Waals surface area contributed by atoms with Crippen LogP contribution >= 0.6 is 0 Å². The van der Waals surface area contributed by atoms with E-state index in [-0.39, 0.29) is 17.8 Å². The highest BCUT2D eigenvalue weighted by molar-refractivity contribution is 6.21. The van der Waals surface area contributed by atoms with Crippen LogP contribution in [0.4, 0.5) is 5.69 Å². The number of carbonyl (C=O) groups is 2. The molecule has 0 aromatic heterocycles. The van der Waals surface area contributed by atoms with E-state index < -0.39 is 16.6 Å². The van der Waals surface area contributed by atoms with Crippen molar-refractivity contribution in [1.82, 2.24) is 5.32 Å². The van der Waals surface area contributed by atoms with Gasteiger partial charge >= 0.3 is 0 Å². The molecule has 0 saturated carbocycles. The topological polar surface area (TPSA) is 89.3 Å². The number of non-ortho nitro benzene ring substituents is 1. The second-order valence-corrected chi connectivity index (χ2v) is 5.49. The number of benzene rings is 2. The largest absolute Gasteiger partial charge is 0.348 e. The van der Waals surface area contributed by atoms with Gasteiger partial charge in [-0.15, -0.1) is 0 Å². The van der Waals surface area contributed by atoms with Crippen LogP contribution in [0, 0.1) is 10.1 Å². The number of nitro groups is 1. The molecule has 0 aliphatic rings. The van der Waals surface area contributed by atoms with Crippen LogP contribution in [-0.2, 0) is 9.59 Å². The highest BCUT2D eigenvalue weighted by Gasteiger charge is 2.14. The molecule has 6 nitrogen and oxygen atoms in total. The Kier molecular flexibility index (Phi) is 6.56. The van der Waals surface area contributed by atoms with E-state index in [9.17, 15) is 19.7 Å². The number of Topliss-reactive ketones (excluding diaryl/α,β-unsaturated/α-hetero) is 1. The standard InChI is InChI=1S/C20H18N2O4/c1-15(23)19(14-17-9-5-11-18(13-17)22(25)26)20(24)21-12-6-10-16-7-3-2-4-8-16/h2-11,13-14H,12H2,1H3,(H,21,24). The van der Waals surface area contributed by atoms with Crippen LogP contribution in [0.5, 0.6) is 0 Å². The predicted molar refractivity (Wildman–Crippen MR) is 100 cm³/mol. The van der Waals surface area contributed by atoms with Gasteiger partial charge in [0.25, 0.3) is 11.6 Å². The Hall–Kier alpha value is -3.54. The molecule has 0 aliphatic heterocycles. The summed E-state index contributed by atoms with van der Waals surface area (Å²) in [7, 11) is 0. The van der Waals surface area contributed by atoms with Gasteiger partial charge < -0.3 is 5.32 Å². The van der Waals surface area contributed by atoms with Crippen LogP contribution in [-0.4, -0.2) is 23.2 Å². The van der Waals surface area contributed by atoms with Crippen molar-refractivity contribution in [1.29, 1.82) is 0 Å². The molecule has 0 atom stereocenters. The van der Waals surface area contributed by atoms with E-state index in [1.165, 1.54) is 31.2 Å². The van der Waals surface area contributed by atoms with Gasteiger partial charge in [0.1, 0.15) is 0 Å². The first-order valence-corrected chi connectivity index (χ1v) is 7.94. The number of carbonyl (C=O) groups excluding carboxylic acids is 2. The summed E-state index contributed by atoms with van der Waals surface area (Å²) in [5, 5.41) is 13.5. The van der Waals surface area contributed by atoms with Crippen molar-refractivity contribution in [3.63, 3.8) is 0 Å². The lowest BCUT2D eigenvalue weighted by Crippen LogP contribution is -2.27. The molecule has 1 N–H and O–H groups in total. The SMILES string of the molecule is CC(=O)C(=Cc1cccc([N+](=O)[O-])c1)C(=O)NCC=Cc1ccccc1. The van der Waals surface area contributed by atoms with Crippen LogP contribution in [0.2, 0.25) is 0 Å². The molecule has 0 fully saturated rings. The molecule has 0 heterocycles.